The largest absolute Gasteiger partial charge is 0.494 e. The Morgan fingerprint density at radius 2 is 2.00 bits per heavy atom. The van der Waals surface area contributed by atoms with Crippen LogP contribution in [0.25, 0.3) is 0 Å². The van der Waals surface area contributed by atoms with Gasteiger partial charge in [-0.2, -0.15) is 0 Å². The molecule has 1 aliphatic rings. The predicted molar refractivity (Wildman–Crippen MR) is 64.3 cm³/mol. The Bertz CT molecular complexity index is 497. The lowest BCUT2D eigenvalue weighted by molar-refractivity contribution is 0.239. The normalized spacial score (nSPS) is 19.1. The van der Waals surface area contributed by atoms with Crippen LogP contribution >= 0.6 is 0 Å². The summed E-state index contributed by atoms with van der Waals surface area (Å²) < 4.78 is 1.29. The van der Waals surface area contributed by atoms with Gasteiger partial charge in [-0.15, -0.1) is 0 Å². The van der Waals surface area contributed by atoms with E-state index in [2.05, 4.69) is 4.98 Å². The van der Waals surface area contributed by atoms with Crippen molar-refractivity contribution in [1.29, 1.82) is 0 Å². The average molecular weight is 238 g/mol. The van der Waals surface area contributed by atoms with Gasteiger partial charge in [-0.3, -0.25) is 14.3 Å². The zero-order valence-electron chi connectivity index (χ0n) is 9.98. The van der Waals surface area contributed by atoms with Crippen LogP contribution in [0.15, 0.2) is 15.7 Å². The first kappa shape index (κ1) is 12.0. The summed E-state index contributed by atoms with van der Waals surface area (Å²) in [5, 5.41) is 9.72. The van der Waals surface area contributed by atoms with Gasteiger partial charge in [-0.25, -0.2) is 4.79 Å². The highest BCUT2D eigenvalue weighted by molar-refractivity contribution is 5.07. The van der Waals surface area contributed by atoms with Crippen molar-refractivity contribution in [3.05, 3.63) is 26.9 Å². The van der Waals surface area contributed by atoms with Gasteiger partial charge in [0.05, 0.1) is 6.07 Å². The molecule has 1 aliphatic carbocycles. The van der Waals surface area contributed by atoms with Crippen LogP contribution in [0.1, 0.15) is 45.1 Å². The third kappa shape index (κ3) is 2.43. The average Bonchev–Trinajstić information content (AvgIpc) is 2.28. The van der Waals surface area contributed by atoms with Gasteiger partial charge < -0.3 is 5.11 Å². The molecule has 1 unspecified atom stereocenters. The molecule has 1 atom stereocenters. The van der Waals surface area contributed by atoms with Crippen molar-refractivity contribution in [2.45, 2.75) is 45.1 Å². The van der Waals surface area contributed by atoms with E-state index in [0.29, 0.717) is 5.92 Å². The summed E-state index contributed by atoms with van der Waals surface area (Å²) in [4.78, 5) is 24.9. The highest BCUT2D eigenvalue weighted by Crippen LogP contribution is 2.33. The number of H-pyrrole nitrogens is 1. The maximum absolute atomic E-state index is 11.7. The van der Waals surface area contributed by atoms with Gasteiger partial charge in [-0.05, 0) is 25.7 Å². The lowest BCUT2D eigenvalue weighted by Gasteiger charge is -2.29. The molecule has 1 aromatic heterocycles. The fourth-order valence-electron chi connectivity index (χ4n) is 2.71. The van der Waals surface area contributed by atoms with Crippen molar-refractivity contribution >= 4 is 0 Å². The molecule has 0 saturated heterocycles. The van der Waals surface area contributed by atoms with Crippen molar-refractivity contribution < 1.29 is 5.11 Å². The Labute approximate surface area is 99.1 Å². The van der Waals surface area contributed by atoms with E-state index in [1.165, 1.54) is 23.8 Å². The van der Waals surface area contributed by atoms with Crippen molar-refractivity contribution in [2.75, 3.05) is 0 Å². The van der Waals surface area contributed by atoms with Gasteiger partial charge in [0.25, 0.3) is 5.56 Å². The molecule has 2 N–H and O–H groups in total. The maximum Gasteiger partial charge on any atom is 0.331 e. The van der Waals surface area contributed by atoms with Crippen LogP contribution in [0.4, 0.5) is 0 Å². The van der Waals surface area contributed by atoms with E-state index in [9.17, 15) is 14.7 Å². The van der Waals surface area contributed by atoms with Crippen LogP contribution in [0.2, 0.25) is 0 Å². The van der Waals surface area contributed by atoms with Crippen molar-refractivity contribution in [1.82, 2.24) is 9.55 Å². The maximum atomic E-state index is 11.7. The molecule has 0 radical (unpaired) electrons. The number of aromatic hydroxyl groups is 1. The number of nitrogens with zero attached hydrogens (tertiary/aromatic N) is 1. The second-order valence-corrected chi connectivity index (χ2v) is 4.81. The zero-order chi connectivity index (χ0) is 12.4. The van der Waals surface area contributed by atoms with E-state index < -0.39 is 11.2 Å². The van der Waals surface area contributed by atoms with E-state index in [0.717, 1.165) is 18.9 Å². The first-order valence-electron chi connectivity index (χ1n) is 6.14. The molecule has 5 nitrogen and oxygen atoms in total. The van der Waals surface area contributed by atoms with Gasteiger partial charge >= 0.3 is 5.69 Å². The summed E-state index contributed by atoms with van der Waals surface area (Å²) in [6.45, 7) is 1.93. The minimum atomic E-state index is -0.556. The molecule has 0 aromatic carbocycles. The third-order valence-corrected chi connectivity index (χ3v) is 3.70. The highest BCUT2D eigenvalue weighted by atomic mass is 16.3. The number of nitrogens with one attached hydrogen (secondary N) is 1. The molecule has 2 rings (SSSR count). The van der Waals surface area contributed by atoms with Crippen molar-refractivity contribution in [3.63, 3.8) is 0 Å². The van der Waals surface area contributed by atoms with E-state index in [1.807, 2.05) is 6.92 Å². The molecule has 0 spiro atoms. The fourth-order valence-corrected chi connectivity index (χ4v) is 2.71. The molecule has 1 aromatic rings. The quantitative estimate of drug-likeness (QED) is 0.817. The van der Waals surface area contributed by atoms with Crippen LogP contribution in [0.5, 0.6) is 5.88 Å². The topological polar surface area (TPSA) is 75.1 Å². The number of hydrogen-bond donors (Lipinski definition) is 2. The molecule has 0 aliphatic heterocycles. The second-order valence-electron chi connectivity index (χ2n) is 4.81. The smallest absolute Gasteiger partial charge is 0.331 e. The molecule has 94 valence electrons. The summed E-state index contributed by atoms with van der Waals surface area (Å²) in [5.41, 5.74) is -1.08. The second kappa shape index (κ2) is 4.77. The van der Waals surface area contributed by atoms with Gasteiger partial charge in [0.1, 0.15) is 0 Å². The fraction of sp³-hybridized carbons (Fsp3) is 0.667. The molecule has 5 heteroatoms. The highest BCUT2D eigenvalue weighted by Gasteiger charge is 2.23. The van der Waals surface area contributed by atoms with Crippen LogP contribution in [0.3, 0.4) is 0 Å². The number of hydrogen-bond acceptors (Lipinski definition) is 3. The summed E-state index contributed by atoms with van der Waals surface area (Å²) >= 11 is 0. The molecule has 17 heavy (non-hydrogen) atoms. The minimum Gasteiger partial charge on any atom is -0.494 e. The Kier molecular flexibility index (Phi) is 3.36. The SMILES string of the molecule is CC(C1CCCCC1)n1c(O)cc(=O)[nH]c1=O. The van der Waals surface area contributed by atoms with E-state index in [1.54, 1.807) is 0 Å². The van der Waals surface area contributed by atoms with Crippen LogP contribution in [-0.4, -0.2) is 14.7 Å². The Morgan fingerprint density at radius 1 is 1.35 bits per heavy atom. The monoisotopic (exact) mass is 238 g/mol. The molecule has 1 heterocycles. The lowest BCUT2D eigenvalue weighted by Crippen LogP contribution is -2.34. The number of rotatable bonds is 2. The number of aromatic nitrogens is 2. The lowest BCUT2D eigenvalue weighted by atomic mass is 9.84. The molecule has 0 amide bonds. The third-order valence-electron chi connectivity index (χ3n) is 3.70. The van der Waals surface area contributed by atoms with Gasteiger partial charge in [0, 0.05) is 6.04 Å². The van der Waals surface area contributed by atoms with Crippen molar-refractivity contribution in [2.24, 2.45) is 5.92 Å². The van der Waals surface area contributed by atoms with E-state index >= 15 is 0 Å². The number of aromatic amines is 1. The Hall–Kier alpha value is -1.52. The van der Waals surface area contributed by atoms with Crippen LogP contribution < -0.4 is 11.2 Å². The summed E-state index contributed by atoms with van der Waals surface area (Å²) in [7, 11) is 0. The van der Waals surface area contributed by atoms with Gasteiger partial charge in [0.2, 0.25) is 5.88 Å². The minimum absolute atomic E-state index is 0.0698. The van der Waals surface area contributed by atoms with E-state index in [4.69, 9.17) is 0 Å². The molecule has 1 fully saturated rings. The standard InChI is InChI=1S/C12H18N2O3/c1-8(9-5-3-2-4-6-9)14-11(16)7-10(15)13-12(14)17/h7-9,16H,2-6H2,1H3,(H,13,15,17). The first-order valence-corrected chi connectivity index (χ1v) is 6.14. The molecular formula is C12H18N2O3. The van der Waals surface area contributed by atoms with Crippen LogP contribution in [-0.2, 0) is 0 Å². The molecular weight excluding hydrogens is 220 g/mol. The van der Waals surface area contributed by atoms with Crippen LogP contribution in [0, 0.1) is 5.92 Å². The first-order chi connectivity index (χ1) is 8.09. The Balaban J connectivity index is 2.33. The molecule has 0 bridgehead atoms. The predicted octanol–water partition coefficient (Wildman–Crippen LogP) is 1.38. The summed E-state index contributed by atoms with van der Waals surface area (Å²) in [5.74, 6) is 0.162. The van der Waals surface area contributed by atoms with Crippen molar-refractivity contribution in [3.8, 4) is 5.88 Å². The summed E-state index contributed by atoms with van der Waals surface area (Å²) in [6, 6.07) is 0.987. The van der Waals surface area contributed by atoms with Gasteiger partial charge in [-0.1, -0.05) is 19.3 Å². The zero-order valence-corrected chi connectivity index (χ0v) is 9.98. The molecule has 1 saturated carbocycles. The Morgan fingerprint density at radius 3 is 2.59 bits per heavy atom. The summed E-state index contributed by atoms with van der Waals surface area (Å²) in [6.07, 6.45) is 5.75. The van der Waals surface area contributed by atoms with Gasteiger partial charge in [0.15, 0.2) is 0 Å². The van der Waals surface area contributed by atoms with E-state index in [-0.39, 0.29) is 11.9 Å².